The molecule has 1 heteroatoms. The molecule has 0 spiro atoms. The summed E-state index contributed by atoms with van der Waals surface area (Å²) < 4.78 is 0. The van der Waals surface area contributed by atoms with Gasteiger partial charge in [-0.05, 0) is 43.9 Å². The van der Waals surface area contributed by atoms with E-state index in [2.05, 4.69) is 58.1 Å². The van der Waals surface area contributed by atoms with E-state index in [1.807, 2.05) is 0 Å². The van der Waals surface area contributed by atoms with Gasteiger partial charge in [0.05, 0.1) is 0 Å². The fourth-order valence-electron chi connectivity index (χ4n) is 2.48. The molecule has 0 radical (unpaired) electrons. The molecular weight excluding hydrogens is 218 g/mol. The normalized spacial score (nSPS) is 13.0. The van der Waals surface area contributed by atoms with E-state index < -0.39 is 0 Å². The Bertz CT molecular complexity index is 355. The predicted molar refractivity (Wildman–Crippen MR) is 81.0 cm³/mol. The van der Waals surface area contributed by atoms with Crippen LogP contribution in [-0.4, -0.2) is 6.54 Å². The van der Waals surface area contributed by atoms with E-state index in [9.17, 15) is 0 Å². The van der Waals surface area contributed by atoms with Gasteiger partial charge < -0.3 is 5.32 Å². The maximum absolute atomic E-state index is 3.64. The van der Waals surface area contributed by atoms with Crippen molar-refractivity contribution >= 4 is 0 Å². The summed E-state index contributed by atoms with van der Waals surface area (Å²) in [5.41, 5.74) is 4.26. The third kappa shape index (κ3) is 4.81. The summed E-state index contributed by atoms with van der Waals surface area (Å²) in [6, 6.07) is 7.32. The molecule has 102 valence electrons. The van der Waals surface area contributed by atoms with Gasteiger partial charge in [0, 0.05) is 6.04 Å². The number of aryl methyl sites for hydroxylation is 2. The molecule has 0 aliphatic carbocycles. The molecule has 0 amide bonds. The van der Waals surface area contributed by atoms with Crippen molar-refractivity contribution in [3.8, 4) is 0 Å². The van der Waals surface area contributed by atoms with E-state index in [1.165, 1.54) is 36.0 Å². The lowest BCUT2D eigenvalue weighted by Gasteiger charge is -2.21. The summed E-state index contributed by atoms with van der Waals surface area (Å²) >= 11 is 0. The van der Waals surface area contributed by atoms with Crippen LogP contribution in [0.5, 0.6) is 0 Å². The monoisotopic (exact) mass is 247 g/mol. The highest BCUT2D eigenvalue weighted by molar-refractivity contribution is 5.33. The SMILES string of the molecule is CCNC(CCCC(C)C)c1cc(C)ccc1C. The zero-order chi connectivity index (χ0) is 13.5. The molecule has 0 aromatic heterocycles. The first-order valence-corrected chi connectivity index (χ1v) is 7.35. The highest BCUT2D eigenvalue weighted by Crippen LogP contribution is 2.24. The molecule has 1 nitrogen and oxygen atoms in total. The second-order valence-electron chi connectivity index (χ2n) is 5.80. The van der Waals surface area contributed by atoms with E-state index in [0.717, 1.165) is 12.5 Å². The zero-order valence-electron chi connectivity index (χ0n) is 12.7. The summed E-state index contributed by atoms with van der Waals surface area (Å²) in [6.45, 7) is 12.3. The van der Waals surface area contributed by atoms with Crippen LogP contribution in [0.15, 0.2) is 18.2 Å². The first kappa shape index (κ1) is 15.2. The number of hydrogen-bond donors (Lipinski definition) is 1. The molecule has 0 saturated heterocycles. The standard InChI is InChI=1S/C17H29N/c1-6-18-17(9-7-8-13(2)3)16-12-14(4)10-11-15(16)5/h10-13,17-18H,6-9H2,1-5H3. The van der Waals surface area contributed by atoms with Crippen molar-refractivity contribution in [1.82, 2.24) is 5.32 Å². The molecule has 0 saturated carbocycles. The number of rotatable bonds is 7. The Morgan fingerprint density at radius 3 is 2.44 bits per heavy atom. The summed E-state index contributed by atoms with van der Waals surface area (Å²) in [4.78, 5) is 0. The van der Waals surface area contributed by atoms with E-state index in [0.29, 0.717) is 6.04 Å². The van der Waals surface area contributed by atoms with Crippen molar-refractivity contribution in [2.24, 2.45) is 5.92 Å². The lowest BCUT2D eigenvalue weighted by Crippen LogP contribution is -2.22. The van der Waals surface area contributed by atoms with Gasteiger partial charge in [0.1, 0.15) is 0 Å². The maximum Gasteiger partial charge on any atom is 0.0322 e. The summed E-state index contributed by atoms with van der Waals surface area (Å²) in [7, 11) is 0. The minimum absolute atomic E-state index is 0.522. The molecule has 1 aromatic rings. The molecule has 18 heavy (non-hydrogen) atoms. The predicted octanol–water partition coefficient (Wildman–Crippen LogP) is 4.78. The molecule has 1 aromatic carbocycles. The molecule has 1 rings (SSSR count). The molecule has 1 N–H and O–H groups in total. The fraction of sp³-hybridized carbons (Fsp3) is 0.647. The van der Waals surface area contributed by atoms with Gasteiger partial charge in [-0.1, -0.05) is 57.4 Å². The van der Waals surface area contributed by atoms with Gasteiger partial charge in [-0.3, -0.25) is 0 Å². The van der Waals surface area contributed by atoms with Crippen LogP contribution in [0.4, 0.5) is 0 Å². The molecule has 0 heterocycles. The molecule has 0 fully saturated rings. The van der Waals surface area contributed by atoms with Crippen molar-refractivity contribution in [2.45, 2.75) is 59.9 Å². The highest BCUT2D eigenvalue weighted by atomic mass is 14.9. The van der Waals surface area contributed by atoms with Crippen molar-refractivity contribution in [3.05, 3.63) is 34.9 Å². The van der Waals surface area contributed by atoms with E-state index in [4.69, 9.17) is 0 Å². The Hall–Kier alpha value is -0.820. The first-order chi connectivity index (χ1) is 8.54. The third-order valence-electron chi connectivity index (χ3n) is 3.53. The quantitative estimate of drug-likeness (QED) is 0.731. The number of benzene rings is 1. The Labute approximate surface area is 113 Å². The van der Waals surface area contributed by atoms with Gasteiger partial charge in [-0.25, -0.2) is 0 Å². The third-order valence-corrected chi connectivity index (χ3v) is 3.53. The largest absolute Gasteiger partial charge is 0.310 e. The van der Waals surface area contributed by atoms with E-state index in [1.54, 1.807) is 0 Å². The van der Waals surface area contributed by atoms with Gasteiger partial charge in [0.2, 0.25) is 0 Å². The lowest BCUT2D eigenvalue weighted by atomic mass is 9.94. The maximum atomic E-state index is 3.64. The topological polar surface area (TPSA) is 12.0 Å². The first-order valence-electron chi connectivity index (χ1n) is 7.35. The highest BCUT2D eigenvalue weighted by Gasteiger charge is 2.12. The van der Waals surface area contributed by atoms with Gasteiger partial charge in [-0.15, -0.1) is 0 Å². The molecule has 1 unspecified atom stereocenters. The molecule has 0 aliphatic rings. The average molecular weight is 247 g/mol. The molecule has 0 bridgehead atoms. The van der Waals surface area contributed by atoms with Crippen LogP contribution in [0, 0.1) is 19.8 Å². The van der Waals surface area contributed by atoms with Crippen LogP contribution >= 0.6 is 0 Å². The fourth-order valence-corrected chi connectivity index (χ4v) is 2.48. The summed E-state index contributed by atoms with van der Waals surface area (Å²) in [5.74, 6) is 0.811. The Balaban J connectivity index is 2.73. The second kappa shape index (κ2) is 7.58. The Kier molecular flexibility index (Phi) is 6.42. The van der Waals surface area contributed by atoms with Crippen LogP contribution in [0.2, 0.25) is 0 Å². The van der Waals surface area contributed by atoms with Gasteiger partial charge >= 0.3 is 0 Å². The Morgan fingerprint density at radius 1 is 1.11 bits per heavy atom. The second-order valence-corrected chi connectivity index (χ2v) is 5.80. The van der Waals surface area contributed by atoms with E-state index >= 15 is 0 Å². The summed E-state index contributed by atoms with van der Waals surface area (Å²) in [5, 5.41) is 3.64. The van der Waals surface area contributed by atoms with Crippen LogP contribution < -0.4 is 5.32 Å². The molecule has 0 aliphatic heterocycles. The van der Waals surface area contributed by atoms with Crippen molar-refractivity contribution < 1.29 is 0 Å². The van der Waals surface area contributed by atoms with Crippen LogP contribution in [0.25, 0.3) is 0 Å². The van der Waals surface area contributed by atoms with Gasteiger partial charge in [0.15, 0.2) is 0 Å². The number of hydrogen-bond acceptors (Lipinski definition) is 1. The van der Waals surface area contributed by atoms with Crippen molar-refractivity contribution in [3.63, 3.8) is 0 Å². The molecule has 1 atom stereocenters. The smallest absolute Gasteiger partial charge is 0.0322 e. The van der Waals surface area contributed by atoms with Crippen molar-refractivity contribution in [1.29, 1.82) is 0 Å². The summed E-state index contributed by atoms with van der Waals surface area (Å²) in [6.07, 6.45) is 3.88. The van der Waals surface area contributed by atoms with E-state index in [-0.39, 0.29) is 0 Å². The van der Waals surface area contributed by atoms with Crippen LogP contribution in [-0.2, 0) is 0 Å². The zero-order valence-corrected chi connectivity index (χ0v) is 12.7. The van der Waals surface area contributed by atoms with Crippen LogP contribution in [0.3, 0.4) is 0 Å². The lowest BCUT2D eigenvalue weighted by molar-refractivity contribution is 0.454. The minimum Gasteiger partial charge on any atom is -0.310 e. The number of nitrogens with one attached hydrogen (secondary N) is 1. The average Bonchev–Trinajstić information content (AvgIpc) is 2.31. The minimum atomic E-state index is 0.522. The van der Waals surface area contributed by atoms with Crippen LogP contribution in [0.1, 0.15) is 62.8 Å². The van der Waals surface area contributed by atoms with Gasteiger partial charge in [0.25, 0.3) is 0 Å². The van der Waals surface area contributed by atoms with Gasteiger partial charge in [-0.2, -0.15) is 0 Å². The Morgan fingerprint density at radius 2 is 1.83 bits per heavy atom. The molecular formula is C17H29N. The van der Waals surface area contributed by atoms with Crippen molar-refractivity contribution in [2.75, 3.05) is 6.54 Å².